The number of pyridine rings is 1. The summed E-state index contributed by atoms with van der Waals surface area (Å²) in [6.07, 6.45) is 1.69. The van der Waals surface area contributed by atoms with Crippen molar-refractivity contribution in [1.82, 2.24) is 15.2 Å². The quantitative estimate of drug-likeness (QED) is 0.527. The maximum atomic E-state index is 12.5. The van der Waals surface area contributed by atoms with Crippen LogP contribution in [0.1, 0.15) is 15.9 Å². The molecule has 172 valence electrons. The topological polar surface area (TPSA) is 89.7 Å². The Hall–Kier alpha value is -3.13. The van der Waals surface area contributed by atoms with Crippen LogP contribution in [0.25, 0.3) is 11.1 Å². The fraction of sp³-hybridized carbons (Fsp3) is 0.280. The van der Waals surface area contributed by atoms with Crippen LogP contribution in [-0.4, -0.2) is 55.2 Å². The number of rotatable bonds is 8. The lowest BCUT2D eigenvalue weighted by atomic mass is 10.0. The number of carbonyl (C=O) groups excluding carboxylic acids is 1. The van der Waals surface area contributed by atoms with Crippen molar-refractivity contribution in [3.63, 3.8) is 0 Å². The number of amides is 1. The first-order chi connectivity index (χ1) is 16.1. The van der Waals surface area contributed by atoms with Crippen LogP contribution >= 0.6 is 11.6 Å². The summed E-state index contributed by atoms with van der Waals surface area (Å²) in [7, 11) is 0. The number of carbonyl (C=O) groups is 1. The molecule has 0 unspecified atom stereocenters. The normalized spacial score (nSPS) is 14.1. The van der Waals surface area contributed by atoms with E-state index in [1.54, 1.807) is 18.3 Å². The summed E-state index contributed by atoms with van der Waals surface area (Å²) < 4.78 is 11.2. The molecule has 8 heteroatoms. The predicted octanol–water partition coefficient (Wildman–Crippen LogP) is 3.63. The van der Waals surface area contributed by atoms with Gasteiger partial charge in [0.1, 0.15) is 6.61 Å². The first kappa shape index (κ1) is 23.0. The van der Waals surface area contributed by atoms with Crippen molar-refractivity contribution in [3.05, 3.63) is 76.9 Å². The number of morpholine rings is 1. The molecule has 7 nitrogen and oxygen atoms in total. The van der Waals surface area contributed by atoms with Crippen molar-refractivity contribution in [2.75, 3.05) is 45.1 Å². The van der Waals surface area contributed by atoms with Crippen LogP contribution in [0.4, 0.5) is 5.82 Å². The molecule has 0 atom stereocenters. The minimum Gasteiger partial charge on any atom is -0.485 e. The number of nitrogens with two attached hydrogens (primary N) is 1. The average molecular weight is 467 g/mol. The smallest absolute Gasteiger partial charge is 0.251 e. The van der Waals surface area contributed by atoms with Gasteiger partial charge in [0.15, 0.2) is 11.6 Å². The summed E-state index contributed by atoms with van der Waals surface area (Å²) in [5, 5.41) is 3.62. The van der Waals surface area contributed by atoms with Gasteiger partial charge in [0.05, 0.1) is 13.2 Å². The number of halogens is 1. The zero-order chi connectivity index (χ0) is 23.0. The summed E-state index contributed by atoms with van der Waals surface area (Å²) in [5.41, 5.74) is 9.24. The van der Waals surface area contributed by atoms with E-state index in [9.17, 15) is 4.79 Å². The van der Waals surface area contributed by atoms with Gasteiger partial charge in [0, 0.05) is 54.1 Å². The molecule has 0 radical (unpaired) electrons. The average Bonchev–Trinajstić information content (AvgIpc) is 2.85. The van der Waals surface area contributed by atoms with Gasteiger partial charge in [0.25, 0.3) is 5.91 Å². The van der Waals surface area contributed by atoms with Gasteiger partial charge in [-0.25, -0.2) is 4.98 Å². The molecule has 1 saturated heterocycles. The van der Waals surface area contributed by atoms with Crippen molar-refractivity contribution in [2.24, 2.45) is 0 Å². The highest BCUT2D eigenvalue weighted by Crippen LogP contribution is 2.28. The minimum atomic E-state index is -0.0889. The van der Waals surface area contributed by atoms with Gasteiger partial charge in [-0.1, -0.05) is 41.9 Å². The van der Waals surface area contributed by atoms with Gasteiger partial charge < -0.3 is 20.5 Å². The van der Waals surface area contributed by atoms with Crippen molar-refractivity contribution in [2.45, 2.75) is 6.61 Å². The summed E-state index contributed by atoms with van der Waals surface area (Å²) >= 11 is 6.20. The lowest BCUT2D eigenvalue weighted by Crippen LogP contribution is -2.41. The van der Waals surface area contributed by atoms with Crippen LogP contribution in [0, 0.1) is 0 Å². The number of ether oxygens (including phenoxy) is 2. The molecule has 1 amide bonds. The molecule has 2 aromatic carbocycles. The van der Waals surface area contributed by atoms with Gasteiger partial charge >= 0.3 is 0 Å². The van der Waals surface area contributed by atoms with Crippen molar-refractivity contribution < 1.29 is 14.3 Å². The summed E-state index contributed by atoms with van der Waals surface area (Å²) in [5.74, 6) is 0.702. The van der Waals surface area contributed by atoms with E-state index in [2.05, 4.69) is 15.2 Å². The van der Waals surface area contributed by atoms with Gasteiger partial charge in [-0.2, -0.15) is 0 Å². The third-order valence-corrected chi connectivity index (χ3v) is 5.89. The van der Waals surface area contributed by atoms with Crippen LogP contribution in [0.5, 0.6) is 5.75 Å². The van der Waals surface area contributed by atoms with E-state index >= 15 is 0 Å². The number of nitrogen functional groups attached to an aromatic ring is 1. The maximum Gasteiger partial charge on any atom is 0.251 e. The number of aromatic nitrogens is 1. The fourth-order valence-corrected chi connectivity index (χ4v) is 3.76. The highest BCUT2D eigenvalue weighted by molar-refractivity contribution is 6.31. The molecule has 0 aliphatic carbocycles. The number of hydrogen-bond acceptors (Lipinski definition) is 6. The lowest BCUT2D eigenvalue weighted by Gasteiger charge is -2.26. The first-order valence-electron chi connectivity index (χ1n) is 10.9. The Morgan fingerprint density at radius 2 is 1.88 bits per heavy atom. The Morgan fingerprint density at radius 1 is 1.12 bits per heavy atom. The molecular formula is C25H27ClN4O3. The molecule has 0 spiro atoms. The highest BCUT2D eigenvalue weighted by Gasteiger charge is 2.12. The number of nitrogens with one attached hydrogen (secondary N) is 1. The van der Waals surface area contributed by atoms with E-state index in [-0.39, 0.29) is 5.91 Å². The third kappa shape index (κ3) is 6.22. The number of hydrogen-bond donors (Lipinski definition) is 2. The van der Waals surface area contributed by atoms with Crippen LogP contribution in [0.15, 0.2) is 60.8 Å². The van der Waals surface area contributed by atoms with Crippen LogP contribution in [0.3, 0.4) is 0 Å². The predicted molar refractivity (Wildman–Crippen MR) is 129 cm³/mol. The number of nitrogens with zero attached hydrogens (tertiary/aromatic N) is 2. The second-order valence-corrected chi connectivity index (χ2v) is 8.18. The second kappa shape index (κ2) is 11.1. The molecule has 1 aliphatic heterocycles. The van der Waals surface area contributed by atoms with Crippen LogP contribution < -0.4 is 15.8 Å². The third-order valence-electron chi connectivity index (χ3n) is 5.52. The van der Waals surface area contributed by atoms with E-state index < -0.39 is 0 Å². The highest BCUT2D eigenvalue weighted by atomic mass is 35.5. The molecule has 2 heterocycles. The number of anilines is 1. The van der Waals surface area contributed by atoms with Gasteiger partial charge in [-0.3, -0.25) is 9.69 Å². The van der Waals surface area contributed by atoms with Crippen molar-refractivity contribution in [1.29, 1.82) is 0 Å². The van der Waals surface area contributed by atoms with E-state index in [4.69, 9.17) is 26.8 Å². The molecule has 1 aliphatic rings. The first-order valence-corrected chi connectivity index (χ1v) is 11.3. The second-order valence-electron chi connectivity index (χ2n) is 7.77. The monoisotopic (exact) mass is 466 g/mol. The zero-order valence-electron chi connectivity index (χ0n) is 18.3. The summed E-state index contributed by atoms with van der Waals surface area (Å²) in [6.45, 7) is 5.04. The Balaban J connectivity index is 1.36. The van der Waals surface area contributed by atoms with Crippen LogP contribution in [0.2, 0.25) is 5.02 Å². The molecule has 3 aromatic rings. The maximum absolute atomic E-state index is 12.5. The Labute approximate surface area is 198 Å². The molecule has 1 aromatic heterocycles. The van der Waals surface area contributed by atoms with E-state index in [1.165, 1.54) is 0 Å². The molecular weight excluding hydrogens is 440 g/mol. The van der Waals surface area contributed by atoms with E-state index in [1.807, 2.05) is 42.5 Å². The zero-order valence-corrected chi connectivity index (χ0v) is 19.1. The molecule has 4 rings (SSSR count). The van der Waals surface area contributed by atoms with Crippen LogP contribution in [-0.2, 0) is 11.3 Å². The molecule has 0 saturated carbocycles. The van der Waals surface area contributed by atoms with Crippen molar-refractivity contribution in [3.8, 4) is 16.9 Å². The minimum absolute atomic E-state index is 0.0889. The Morgan fingerprint density at radius 3 is 2.64 bits per heavy atom. The lowest BCUT2D eigenvalue weighted by molar-refractivity contribution is 0.0383. The van der Waals surface area contributed by atoms with Gasteiger partial charge in [0.2, 0.25) is 0 Å². The molecule has 1 fully saturated rings. The summed E-state index contributed by atoms with van der Waals surface area (Å²) in [4.78, 5) is 19.0. The molecule has 33 heavy (non-hydrogen) atoms. The summed E-state index contributed by atoms with van der Waals surface area (Å²) in [6, 6.07) is 16.7. The number of benzene rings is 2. The van der Waals surface area contributed by atoms with E-state index in [0.717, 1.165) is 49.5 Å². The molecule has 0 bridgehead atoms. The van der Waals surface area contributed by atoms with Crippen molar-refractivity contribution >= 4 is 23.3 Å². The van der Waals surface area contributed by atoms with E-state index in [0.29, 0.717) is 35.3 Å². The standard InChI is InChI=1S/C25H27ClN4O3/c26-22-4-2-1-3-20(22)17-33-23-15-21(16-29-24(23)27)18-5-7-19(8-6-18)25(31)28-9-10-30-11-13-32-14-12-30/h1-8,15-16H,9-14,17H2,(H2,27,29)(H,28,31). The fourth-order valence-electron chi connectivity index (χ4n) is 3.57. The van der Waals surface area contributed by atoms with Gasteiger partial charge in [-0.15, -0.1) is 0 Å². The van der Waals surface area contributed by atoms with Gasteiger partial charge in [-0.05, 0) is 29.8 Å². The Kier molecular flexibility index (Phi) is 7.78. The SMILES string of the molecule is Nc1ncc(-c2ccc(C(=O)NCCN3CCOCC3)cc2)cc1OCc1ccccc1Cl. The largest absolute Gasteiger partial charge is 0.485 e. The Bertz CT molecular complexity index is 1090. The molecule has 3 N–H and O–H groups in total.